The molecule has 1 fully saturated rings. The molecule has 2 aliphatic rings. The van der Waals surface area contributed by atoms with E-state index in [1.54, 1.807) is 12.1 Å². The molecule has 5 rings (SSSR count). The quantitative estimate of drug-likeness (QED) is 0.509. The molecular weight excluding hydrogens is 410 g/mol. The number of anilines is 1. The molecule has 2 N–H and O–H groups in total. The lowest BCUT2D eigenvalue weighted by Crippen LogP contribution is -2.21. The van der Waals surface area contributed by atoms with Crippen LogP contribution in [0.2, 0.25) is 0 Å². The molecule has 0 atom stereocenters. The van der Waals surface area contributed by atoms with Gasteiger partial charge in [-0.25, -0.2) is 9.97 Å². The second-order valence-electron chi connectivity index (χ2n) is 9.09. The summed E-state index contributed by atoms with van der Waals surface area (Å²) in [6.07, 6.45) is 12.0. The predicted octanol–water partition coefficient (Wildman–Crippen LogP) is 6.03. The van der Waals surface area contributed by atoms with Crippen molar-refractivity contribution in [3.05, 3.63) is 71.0 Å². The maximum Gasteiger partial charge on any atom is 0.225 e. The van der Waals surface area contributed by atoms with Gasteiger partial charge in [-0.1, -0.05) is 55.7 Å². The number of hydrogen-bond acceptors (Lipinski definition) is 4. The van der Waals surface area contributed by atoms with E-state index in [1.165, 1.54) is 19.3 Å². The molecule has 0 aliphatic heterocycles. The third-order valence-corrected chi connectivity index (χ3v) is 6.66. The minimum absolute atomic E-state index is 0.0200. The molecule has 1 saturated carbocycles. The van der Waals surface area contributed by atoms with E-state index in [1.807, 2.05) is 48.6 Å². The highest BCUT2D eigenvalue weighted by molar-refractivity contribution is 5.92. The number of aryl methyl sites for hydroxylation is 2. The first-order valence-electron chi connectivity index (χ1n) is 11.9. The highest BCUT2D eigenvalue weighted by atomic mass is 16.3. The number of benzene rings is 2. The Morgan fingerprint density at radius 2 is 1.82 bits per heavy atom. The third kappa shape index (κ3) is 4.98. The lowest BCUT2D eigenvalue weighted by Gasteiger charge is -2.22. The summed E-state index contributed by atoms with van der Waals surface area (Å²) in [6, 6.07) is 15.4. The van der Waals surface area contributed by atoms with Crippen LogP contribution in [0.3, 0.4) is 0 Å². The van der Waals surface area contributed by atoms with Crippen molar-refractivity contribution in [3.8, 4) is 17.0 Å². The second kappa shape index (κ2) is 9.57. The summed E-state index contributed by atoms with van der Waals surface area (Å²) in [7, 11) is 0. The zero-order valence-corrected chi connectivity index (χ0v) is 18.8. The fraction of sp³-hybridized carbons (Fsp3) is 0.321. The van der Waals surface area contributed by atoms with Crippen LogP contribution < -0.4 is 5.32 Å². The Kier molecular flexibility index (Phi) is 6.20. The van der Waals surface area contributed by atoms with Gasteiger partial charge in [0, 0.05) is 12.0 Å². The first kappa shape index (κ1) is 21.4. The summed E-state index contributed by atoms with van der Waals surface area (Å²) in [5, 5.41) is 13.0. The molecule has 33 heavy (non-hydrogen) atoms. The fourth-order valence-corrected chi connectivity index (χ4v) is 4.93. The van der Waals surface area contributed by atoms with Crippen molar-refractivity contribution in [2.75, 3.05) is 5.32 Å². The van der Waals surface area contributed by atoms with E-state index >= 15 is 0 Å². The van der Waals surface area contributed by atoms with E-state index in [0.717, 1.165) is 53.8 Å². The summed E-state index contributed by atoms with van der Waals surface area (Å²) >= 11 is 0. The van der Waals surface area contributed by atoms with Gasteiger partial charge >= 0.3 is 0 Å². The molecule has 3 aromatic rings. The first-order valence-corrected chi connectivity index (χ1v) is 11.9. The lowest BCUT2D eigenvalue weighted by atomic mass is 9.87. The molecular formula is C28H29N3O2. The minimum atomic E-state index is 0.0200. The van der Waals surface area contributed by atoms with Gasteiger partial charge in [0.2, 0.25) is 5.91 Å². The molecule has 0 unspecified atom stereocenters. The standard InChI is InChI=1S/C28H29N3O2/c32-22-13-14-23-21(18-22)12-16-24-27(23)29-25(15-11-19-7-3-1-4-8-19)28(30-24)31-26(33)17-20-9-5-2-6-10-20/h1,3-4,7-8,11,13-15,18,20,32H,2,5-6,9-10,12,16-17H2,(H,30,31,33)/b15-11+. The molecule has 5 nitrogen and oxygen atoms in total. The van der Waals surface area contributed by atoms with Crippen LogP contribution in [-0.4, -0.2) is 21.0 Å². The van der Waals surface area contributed by atoms with Crippen molar-refractivity contribution >= 4 is 23.9 Å². The van der Waals surface area contributed by atoms with Crippen LogP contribution in [0.25, 0.3) is 23.4 Å². The van der Waals surface area contributed by atoms with Crippen molar-refractivity contribution in [2.45, 2.75) is 51.4 Å². The molecule has 5 heteroatoms. The second-order valence-corrected chi connectivity index (χ2v) is 9.09. The number of nitrogens with one attached hydrogen (secondary N) is 1. The van der Waals surface area contributed by atoms with Crippen molar-refractivity contribution in [2.24, 2.45) is 5.92 Å². The highest BCUT2D eigenvalue weighted by Crippen LogP contribution is 2.35. The van der Waals surface area contributed by atoms with Crippen LogP contribution >= 0.6 is 0 Å². The molecule has 1 heterocycles. The monoisotopic (exact) mass is 439 g/mol. The van der Waals surface area contributed by atoms with Crippen LogP contribution in [-0.2, 0) is 17.6 Å². The van der Waals surface area contributed by atoms with Gasteiger partial charge in [0.15, 0.2) is 5.82 Å². The Bertz CT molecular complexity index is 1180. The molecule has 2 aromatic carbocycles. The maximum absolute atomic E-state index is 12.9. The molecule has 0 saturated heterocycles. The van der Waals surface area contributed by atoms with Crippen molar-refractivity contribution in [3.63, 3.8) is 0 Å². The summed E-state index contributed by atoms with van der Waals surface area (Å²) in [5.74, 6) is 1.28. The fourth-order valence-electron chi connectivity index (χ4n) is 4.93. The van der Waals surface area contributed by atoms with Crippen molar-refractivity contribution in [1.82, 2.24) is 9.97 Å². The number of nitrogens with zero attached hydrogens (tertiary/aromatic N) is 2. The molecule has 0 bridgehead atoms. The first-order chi connectivity index (χ1) is 16.2. The Labute approximate surface area is 194 Å². The zero-order valence-electron chi connectivity index (χ0n) is 18.8. The molecule has 168 valence electrons. The number of aromatic nitrogens is 2. The van der Waals surface area contributed by atoms with Gasteiger partial charge < -0.3 is 10.4 Å². The van der Waals surface area contributed by atoms with Crippen LogP contribution in [0.4, 0.5) is 5.82 Å². The van der Waals surface area contributed by atoms with Gasteiger partial charge in [-0.05, 0) is 67.0 Å². The SMILES string of the molecule is O=C(CC1CCCCC1)Nc1nc2c(nc1/C=C/c1ccccc1)-c1ccc(O)cc1CC2. The van der Waals surface area contributed by atoms with Crippen LogP contribution in [0.1, 0.15) is 61.0 Å². The Hall–Kier alpha value is -3.47. The van der Waals surface area contributed by atoms with Crippen molar-refractivity contribution < 1.29 is 9.90 Å². The topological polar surface area (TPSA) is 75.1 Å². The number of phenolic OH excluding ortho intramolecular Hbond substituents is 1. The predicted molar refractivity (Wildman–Crippen MR) is 132 cm³/mol. The van der Waals surface area contributed by atoms with E-state index in [-0.39, 0.29) is 11.7 Å². The number of phenols is 1. The normalized spacial score (nSPS) is 15.8. The highest BCUT2D eigenvalue weighted by Gasteiger charge is 2.23. The van der Waals surface area contributed by atoms with Crippen LogP contribution in [0.5, 0.6) is 5.75 Å². The number of amides is 1. The smallest absolute Gasteiger partial charge is 0.225 e. The number of hydrogen-bond donors (Lipinski definition) is 2. The summed E-state index contributed by atoms with van der Waals surface area (Å²) in [5.41, 5.74) is 5.49. The Morgan fingerprint density at radius 3 is 2.64 bits per heavy atom. The molecule has 2 aliphatic carbocycles. The Balaban J connectivity index is 1.48. The largest absolute Gasteiger partial charge is 0.508 e. The number of rotatable bonds is 5. The summed E-state index contributed by atoms with van der Waals surface area (Å²) < 4.78 is 0. The van der Waals surface area contributed by atoms with Gasteiger partial charge in [-0.3, -0.25) is 4.79 Å². The molecule has 0 spiro atoms. The number of aromatic hydroxyl groups is 1. The molecule has 0 radical (unpaired) electrons. The van der Waals surface area contributed by atoms with E-state index < -0.39 is 0 Å². The molecule has 1 amide bonds. The average molecular weight is 440 g/mol. The van der Waals surface area contributed by atoms with Crippen LogP contribution in [0, 0.1) is 5.92 Å². The van der Waals surface area contributed by atoms with Crippen molar-refractivity contribution in [1.29, 1.82) is 0 Å². The van der Waals surface area contributed by atoms with Gasteiger partial charge in [-0.15, -0.1) is 0 Å². The minimum Gasteiger partial charge on any atom is -0.508 e. The summed E-state index contributed by atoms with van der Waals surface area (Å²) in [6.45, 7) is 0. The van der Waals surface area contributed by atoms with Gasteiger partial charge in [0.1, 0.15) is 11.4 Å². The number of fused-ring (bicyclic) bond motifs is 3. The average Bonchev–Trinajstić information content (AvgIpc) is 2.83. The number of carbonyl (C=O) groups excluding carboxylic acids is 1. The zero-order chi connectivity index (χ0) is 22.6. The van der Waals surface area contributed by atoms with Gasteiger partial charge in [0.25, 0.3) is 0 Å². The Morgan fingerprint density at radius 1 is 1.00 bits per heavy atom. The van der Waals surface area contributed by atoms with Crippen LogP contribution in [0.15, 0.2) is 48.5 Å². The third-order valence-electron chi connectivity index (χ3n) is 6.66. The molecule has 1 aromatic heterocycles. The summed E-state index contributed by atoms with van der Waals surface area (Å²) in [4.78, 5) is 22.7. The lowest BCUT2D eigenvalue weighted by molar-refractivity contribution is -0.117. The maximum atomic E-state index is 12.9. The van der Waals surface area contributed by atoms with E-state index in [0.29, 0.717) is 23.9 Å². The van der Waals surface area contributed by atoms with Gasteiger partial charge in [-0.2, -0.15) is 0 Å². The number of carbonyl (C=O) groups is 1. The van der Waals surface area contributed by atoms with E-state index in [4.69, 9.17) is 9.97 Å². The van der Waals surface area contributed by atoms with E-state index in [9.17, 15) is 9.90 Å². The van der Waals surface area contributed by atoms with Gasteiger partial charge in [0.05, 0.1) is 11.4 Å². The van der Waals surface area contributed by atoms with E-state index in [2.05, 4.69) is 5.32 Å².